The molecule has 5 nitrogen and oxygen atoms in total. The Morgan fingerprint density at radius 3 is 2.59 bits per heavy atom. The molecule has 0 amide bonds. The highest BCUT2D eigenvalue weighted by Crippen LogP contribution is 2.47. The second-order valence-corrected chi connectivity index (χ2v) is 9.36. The number of allylic oxidation sites excluding steroid dienone is 1. The standard InChI is InChI=1S/C29H32N2O3/c1-4-21-17-31(18-21)13-14-33-24-8-5-22(6-9-24)29-28(26-16-30-12-11-19(26)2)20(3)25-15-23(32)7-10-27(25)34-29/h5-12,15-16,21,29,32H,4,13-14,17-18H2,1-3H3. The van der Waals surface area contributed by atoms with Crippen molar-refractivity contribution in [1.29, 1.82) is 0 Å². The van der Waals surface area contributed by atoms with Crippen molar-refractivity contribution in [1.82, 2.24) is 9.88 Å². The number of likely N-dealkylation sites (tertiary alicyclic amines) is 1. The molecule has 3 heterocycles. The summed E-state index contributed by atoms with van der Waals surface area (Å²) in [5.74, 6) is 2.73. The average Bonchev–Trinajstić information content (AvgIpc) is 2.82. The summed E-state index contributed by atoms with van der Waals surface area (Å²) in [5, 5.41) is 10.1. The second-order valence-electron chi connectivity index (χ2n) is 9.36. The maximum Gasteiger partial charge on any atom is 0.150 e. The fourth-order valence-electron chi connectivity index (χ4n) is 4.91. The van der Waals surface area contributed by atoms with E-state index in [1.54, 1.807) is 12.1 Å². The Labute approximate surface area is 201 Å². The molecule has 1 atom stereocenters. The van der Waals surface area contributed by atoms with Crippen LogP contribution < -0.4 is 9.47 Å². The number of aromatic nitrogens is 1. The zero-order chi connectivity index (χ0) is 23.7. The highest BCUT2D eigenvalue weighted by molar-refractivity contribution is 5.96. The lowest BCUT2D eigenvalue weighted by Crippen LogP contribution is -2.47. The van der Waals surface area contributed by atoms with Crippen molar-refractivity contribution in [2.45, 2.75) is 33.3 Å². The van der Waals surface area contributed by atoms with Gasteiger partial charge in [-0.3, -0.25) is 9.88 Å². The van der Waals surface area contributed by atoms with Crippen molar-refractivity contribution < 1.29 is 14.6 Å². The molecule has 176 valence electrons. The number of phenolic OH excluding ortho intramolecular Hbond substituents is 1. The first-order chi connectivity index (χ1) is 16.5. The first kappa shape index (κ1) is 22.5. The van der Waals surface area contributed by atoms with Crippen LogP contribution in [0.4, 0.5) is 0 Å². The minimum atomic E-state index is -0.277. The maximum atomic E-state index is 10.1. The number of pyridine rings is 1. The zero-order valence-corrected chi connectivity index (χ0v) is 20.1. The molecule has 0 aliphatic carbocycles. The largest absolute Gasteiger partial charge is 0.508 e. The molecule has 34 heavy (non-hydrogen) atoms. The van der Waals surface area contributed by atoms with Crippen molar-refractivity contribution in [3.8, 4) is 17.2 Å². The number of aryl methyl sites for hydroxylation is 1. The lowest BCUT2D eigenvalue weighted by atomic mass is 9.85. The molecule has 0 spiro atoms. The summed E-state index contributed by atoms with van der Waals surface area (Å²) >= 11 is 0. The molecule has 5 heteroatoms. The van der Waals surface area contributed by atoms with E-state index in [9.17, 15) is 5.11 Å². The number of aromatic hydroxyl groups is 1. The summed E-state index contributed by atoms with van der Waals surface area (Å²) in [6.07, 6.45) is 4.69. The predicted molar refractivity (Wildman–Crippen MR) is 135 cm³/mol. The number of hydrogen-bond acceptors (Lipinski definition) is 5. The SMILES string of the molecule is CCC1CN(CCOc2ccc(C3Oc4ccc(O)cc4C(C)=C3c3cnccc3C)cc2)C1. The molecule has 2 aliphatic rings. The van der Waals surface area contributed by atoms with Crippen molar-refractivity contribution in [3.63, 3.8) is 0 Å². The lowest BCUT2D eigenvalue weighted by molar-refractivity contribution is 0.0806. The summed E-state index contributed by atoms with van der Waals surface area (Å²) in [6, 6.07) is 15.5. The van der Waals surface area contributed by atoms with Crippen LogP contribution >= 0.6 is 0 Å². The van der Waals surface area contributed by atoms with Crippen molar-refractivity contribution >= 4 is 11.1 Å². The number of fused-ring (bicyclic) bond motifs is 1. The van der Waals surface area contributed by atoms with Gasteiger partial charge in [-0.05, 0) is 72.9 Å². The van der Waals surface area contributed by atoms with Crippen LogP contribution in [0, 0.1) is 12.8 Å². The molecule has 3 aromatic rings. The minimum absolute atomic E-state index is 0.229. The van der Waals surface area contributed by atoms with E-state index in [1.807, 2.05) is 36.7 Å². The zero-order valence-electron chi connectivity index (χ0n) is 20.1. The fraction of sp³-hybridized carbons (Fsp3) is 0.345. The Morgan fingerprint density at radius 2 is 1.85 bits per heavy atom. The molecule has 1 unspecified atom stereocenters. The summed E-state index contributed by atoms with van der Waals surface area (Å²) in [7, 11) is 0. The Bertz CT molecular complexity index is 1200. The molecule has 1 saturated heterocycles. The molecule has 0 bridgehead atoms. The Kier molecular flexibility index (Phi) is 6.29. The monoisotopic (exact) mass is 456 g/mol. The van der Waals surface area contributed by atoms with Crippen LogP contribution in [0.15, 0.2) is 60.9 Å². The van der Waals surface area contributed by atoms with Gasteiger partial charge in [-0.15, -0.1) is 0 Å². The topological polar surface area (TPSA) is 54.8 Å². The number of phenols is 1. The van der Waals surface area contributed by atoms with Crippen molar-refractivity contribution in [3.05, 3.63) is 83.2 Å². The van der Waals surface area contributed by atoms with Crippen LogP contribution in [-0.4, -0.2) is 41.2 Å². The Morgan fingerprint density at radius 1 is 1.06 bits per heavy atom. The van der Waals surface area contributed by atoms with Gasteiger partial charge >= 0.3 is 0 Å². The van der Waals surface area contributed by atoms with Crippen LogP contribution in [0.5, 0.6) is 17.2 Å². The summed E-state index contributed by atoms with van der Waals surface area (Å²) in [6.45, 7) is 10.5. The van der Waals surface area contributed by atoms with E-state index in [0.29, 0.717) is 6.61 Å². The predicted octanol–water partition coefficient (Wildman–Crippen LogP) is 5.88. The number of ether oxygens (including phenoxy) is 2. The van der Waals surface area contributed by atoms with Gasteiger partial charge in [-0.2, -0.15) is 0 Å². The molecule has 1 N–H and O–H groups in total. The van der Waals surface area contributed by atoms with Crippen LogP contribution in [0.1, 0.15) is 48.6 Å². The van der Waals surface area contributed by atoms with E-state index in [2.05, 4.69) is 42.8 Å². The summed E-state index contributed by atoms with van der Waals surface area (Å²) in [5.41, 5.74) is 6.30. The number of benzene rings is 2. The molecule has 0 saturated carbocycles. The first-order valence-electron chi connectivity index (χ1n) is 12.1. The van der Waals surface area contributed by atoms with Crippen LogP contribution in [-0.2, 0) is 0 Å². The van der Waals surface area contributed by atoms with Crippen molar-refractivity contribution in [2.24, 2.45) is 5.92 Å². The summed E-state index contributed by atoms with van der Waals surface area (Å²) < 4.78 is 12.5. The van der Waals surface area contributed by atoms with Crippen LogP contribution in [0.25, 0.3) is 11.1 Å². The van der Waals surface area contributed by atoms with Gasteiger partial charge in [-0.1, -0.05) is 25.5 Å². The smallest absolute Gasteiger partial charge is 0.150 e. The number of hydrogen-bond donors (Lipinski definition) is 1. The van der Waals surface area contributed by atoms with E-state index in [0.717, 1.165) is 57.4 Å². The molecular formula is C29H32N2O3. The quantitative estimate of drug-likeness (QED) is 0.481. The molecule has 0 radical (unpaired) electrons. The van der Waals surface area contributed by atoms with Gasteiger partial charge in [0, 0.05) is 48.7 Å². The van der Waals surface area contributed by atoms with E-state index in [4.69, 9.17) is 9.47 Å². The third kappa shape index (κ3) is 4.40. The Balaban J connectivity index is 1.39. The van der Waals surface area contributed by atoms with E-state index in [1.165, 1.54) is 19.5 Å². The van der Waals surface area contributed by atoms with E-state index in [-0.39, 0.29) is 11.9 Å². The van der Waals surface area contributed by atoms with Crippen molar-refractivity contribution in [2.75, 3.05) is 26.2 Å². The number of rotatable bonds is 7. The molecule has 5 rings (SSSR count). The minimum Gasteiger partial charge on any atom is -0.508 e. The molecular weight excluding hydrogens is 424 g/mol. The van der Waals surface area contributed by atoms with Crippen LogP contribution in [0.3, 0.4) is 0 Å². The van der Waals surface area contributed by atoms with Gasteiger partial charge in [-0.25, -0.2) is 0 Å². The van der Waals surface area contributed by atoms with Gasteiger partial charge in [0.05, 0.1) is 0 Å². The summed E-state index contributed by atoms with van der Waals surface area (Å²) in [4.78, 5) is 6.83. The molecule has 1 fully saturated rings. The first-order valence-corrected chi connectivity index (χ1v) is 12.1. The average molecular weight is 457 g/mol. The third-order valence-corrected chi connectivity index (χ3v) is 7.08. The van der Waals surface area contributed by atoms with E-state index >= 15 is 0 Å². The van der Waals surface area contributed by atoms with Gasteiger partial charge in [0.15, 0.2) is 0 Å². The van der Waals surface area contributed by atoms with Gasteiger partial charge in [0.2, 0.25) is 0 Å². The lowest BCUT2D eigenvalue weighted by Gasteiger charge is -2.38. The highest BCUT2D eigenvalue weighted by Gasteiger charge is 2.30. The van der Waals surface area contributed by atoms with Gasteiger partial charge < -0.3 is 14.6 Å². The Hall–Kier alpha value is -3.31. The highest BCUT2D eigenvalue weighted by atomic mass is 16.5. The van der Waals surface area contributed by atoms with Crippen LogP contribution in [0.2, 0.25) is 0 Å². The molecule has 2 aromatic carbocycles. The third-order valence-electron chi connectivity index (χ3n) is 7.08. The maximum absolute atomic E-state index is 10.1. The van der Waals surface area contributed by atoms with Gasteiger partial charge in [0.1, 0.15) is 30.0 Å². The van der Waals surface area contributed by atoms with E-state index < -0.39 is 0 Å². The fourth-order valence-corrected chi connectivity index (χ4v) is 4.91. The molecule has 1 aromatic heterocycles. The number of nitrogens with zero attached hydrogens (tertiary/aromatic N) is 2. The molecule has 2 aliphatic heterocycles. The van der Waals surface area contributed by atoms with Gasteiger partial charge in [0.25, 0.3) is 0 Å². The second kappa shape index (κ2) is 9.51. The normalized spacial score (nSPS) is 18.3.